The van der Waals surface area contributed by atoms with Gasteiger partial charge in [0.15, 0.2) is 0 Å². The molecule has 100 valence electrons. The smallest absolute Gasteiger partial charge is 0.119 e. The number of methoxy groups -OCH3 is 1. The van der Waals surface area contributed by atoms with Gasteiger partial charge in [0.2, 0.25) is 0 Å². The average Bonchev–Trinajstić information content (AvgIpc) is 2.48. The average molecular weight is 258 g/mol. The van der Waals surface area contributed by atoms with Crippen molar-refractivity contribution in [3.05, 3.63) is 59.7 Å². The van der Waals surface area contributed by atoms with Gasteiger partial charge in [-0.2, -0.15) is 0 Å². The maximum atomic E-state index is 10.3. The Balaban J connectivity index is 2.15. The second-order valence-corrected chi connectivity index (χ2v) is 4.18. The van der Waals surface area contributed by atoms with Crippen LogP contribution in [0.1, 0.15) is 24.2 Å². The first-order valence-electron chi connectivity index (χ1n) is 6.29. The Bertz CT molecular complexity index is 503. The number of benzene rings is 2. The Morgan fingerprint density at radius 2 is 1.37 bits per heavy atom. The highest BCUT2D eigenvalue weighted by Crippen LogP contribution is 2.25. The highest BCUT2D eigenvalue weighted by Gasteiger charge is 2.10. The largest absolute Gasteiger partial charge is 0.497 e. The molecular weight excluding hydrogens is 240 g/mol. The molecule has 3 nitrogen and oxygen atoms in total. The van der Waals surface area contributed by atoms with Gasteiger partial charge in [-0.15, -0.1) is 0 Å². The van der Waals surface area contributed by atoms with Crippen LogP contribution in [0, 0.1) is 0 Å². The molecule has 3 heteroatoms. The van der Waals surface area contributed by atoms with Gasteiger partial charge >= 0.3 is 0 Å². The van der Waals surface area contributed by atoms with Crippen LogP contribution in [0.2, 0.25) is 0 Å². The van der Waals surface area contributed by atoms with Gasteiger partial charge in [-0.1, -0.05) is 24.3 Å². The maximum Gasteiger partial charge on any atom is 0.119 e. The maximum absolute atomic E-state index is 10.3. The van der Waals surface area contributed by atoms with Crippen molar-refractivity contribution < 1.29 is 14.6 Å². The first kappa shape index (κ1) is 13.4. The Morgan fingerprint density at radius 3 is 1.79 bits per heavy atom. The molecule has 1 atom stereocenters. The van der Waals surface area contributed by atoms with Gasteiger partial charge in [0.1, 0.15) is 17.6 Å². The van der Waals surface area contributed by atoms with Crippen molar-refractivity contribution in [3.63, 3.8) is 0 Å². The molecule has 0 amide bonds. The standard InChI is InChI=1S/C16H18O3/c1-3-19-15-10-6-13(7-11-15)16(17)12-4-8-14(18-2)9-5-12/h4-11,16-17H,3H2,1-2H3. The Morgan fingerprint density at radius 1 is 0.895 bits per heavy atom. The minimum atomic E-state index is -0.637. The third-order valence-electron chi connectivity index (χ3n) is 2.94. The van der Waals surface area contributed by atoms with Crippen LogP contribution in [0.5, 0.6) is 11.5 Å². The minimum absolute atomic E-state index is 0.637. The van der Waals surface area contributed by atoms with Crippen molar-refractivity contribution >= 4 is 0 Å². The zero-order valence-corrected chi connectivity index (χ0v) is 11.2. The first-order chi connectivity index (χ1) is 9.24. The van der Waals surface area contributed by atoms with Gasteiger partial charge in [-0.05, 0) is 42.3 Å². The molecule has 0 aliphatic carbocycles. The summed E-state index contributed by atoms with van der Waals surface area (Å²) in [6, 6.07) is 14.9. The Kier molecular flexibility index (Phi) is 4.42. The van der Waals surface area contributed by atoms with Gasteiger partial charge in [0, 0.05) is 0 Å². The molecule has 2 aromatic carbocycles. The summed E-state index contributed by atoms with van der Waals surface area (Å²) in [5.41, 5.74) is 1.68. The van der Waals surface area contributed by atoms with Crippen molar-refractivity contribution in [3.8, 4) is 11.5 Å². The van der Waals surface area contributed by atoms with E-state index in [-0.39, 0.29) is 0 Å². The zero-order valence-electron chi connectivity index (χ0n) is 11.2. The van der Waals surface area contributed by atoms with E-state index in [1.165, 1.54) is 0 Å². The van der Waals surface area contributed by atoms with Crippen molar-refractivity contribution in [2.75, 3.05) is 13.7 Å². The molecule has 0 aliphatic heterocycles. The van der Waals surface area contributed by atoms with E-state index >= 15 is 0 Å². The number of ether oxygens (including phenoxy) is 2. The molecule has 19 heavy (non-hydrogen) atoms. The predicted octanol–water partition coefficient (Wildman–Crippen LogP) is 3.18. The van der Waals surface area contributed by atoms with Crippen LogP contribution in [-0.2, 0) is 0 Å². The topological polar surface area (TPSA) is 38.7 Å². The summed E-state index contributed by atoms with van der Waals surface area (Å²) in [7, 11) is 1.62. The lowest BCUT2D eigenvalue weighted by atomic mass is 10.0. The van der Waals surface area contributed by atoms with Crippen molar-refractivity contribution in [2.24, 2.45) is 0 Å². The zero-order chi connectivity index (χ0) is 13.7. The fourth-order valence-corrected chi connectivity index (χ4v) is 1.89. The van der Waals surface area contributed by atoms with Crippen LogP contribution in [0.15, 0.2) is 48.5 Å². The molecule has 2 aromatic rings. The Hall–Kier alpha value is -2.00. The van der Waals surface area contributed by atoms with Gasteiger partial charge in [0.05, 0.1) is 13.7 Å². The van der Waals surface area contributed by atoms with Crippen LogP contribution in [-0.4, -0.2) is 18.8 Å². The van der Waals surface area contributed by atoms with Crippen LogP contribution in [0.4, 0.5) is 0 Å². The first-order valence-corrected chi connectivity index (χ1v) is 6.29. The number of hydrogen-bond acceptors (Lipinski definition) is 3. The van der Waals surface area contributed by atoms with Crippen molar-refractivity contribution in [2.45, 2.75) is 13.0 Å². The molecule has 0 bridgehead atoms. The lowest BCUT2D eigenvalue weighted by molar-refractivity contribution is 0.220. The van der Waals surface area contributed by atoms with Crippen LogP contribution in [0.25, 0.3) is 0 Å². The van der Waals surface area contributed by atoms with E-state index in [0.717, 1.165) is 22.6 Å². The summed E-state index contributed by atoms with van der Waals surface area (Å²) in [6.45, 7) is 2.58. The van der Waals surface area contributed by atoms with E-state index in [4.69, 9.17) is 9.47 Å². The van der Waals surface area contributed by atoms with E-state index in [2.05, 4.69) is 0 Å². The molecule has 0 radical (unpaired) electrons. The Labute approximate surface area is 113 Å². The molecule has 0 heterocycles. The minimum Gasteiger partial charge on any atom is -0.497 e. The highest BCUT2D eigenvalue weighted by molar-refractivity contribution is 5.36. The molecular formula is C16H18O3. The van der Waals surface area contributed by atoms with E-state index in [1.807, 2.05) is 55.5 Å². The van der Waals surface area contributed by atoms with E-state index in [0.29, 0.717) is 6.61 Å². The lowest BCUT2D eigenvalue weighted by Gasteiger charge is -2.12. The second kappa shape index (κ2) is 6.25. The highest BCUT2D eigenvalue weighted by atomic mass is 16.5. The van der Waals surface area contributed by atoms with Crippen molar-refractivity contribution in [1.82, 2.24) is 0 Å². The number of rotatable bonds is 5. The van der Waals surface area contributed by atoms with E-state index in [9.17, 15) is 5.11 Å². The monoisotopic (exact) mass is 258 g/mol. The third-order valence-corrected chi connectivity index (χ3v) is 2.94. The molecule has 0 saturated heterocycles. The van der Waals surface area contributed by atoms with Crippen LogP contribution >= 0.6 is 0 Å². The second-order valence-electron chi connectivity index (χ2n) is 4.18. The van der Waals surface area contributed by atoms with Crippen LogP contribution in [0.3, 0.4) is 0 Å². The van der Waals surface area contributed by atoms with Gasteiger partial charge in [-0.25, -0.2) is 0 Å². The van der Waals surface area contributed by atoms with E-state index < -0.39 is 6.10 Å². The molecule has 0 spiro atoms. The molecule has 0 fully saturated rings. The fourth-order valence-electron chi connectivity index (χ4n) is 1.89. The normalized spacial score (nSPS) is 11.9. The SMILES string of the molecule is CCOc1ccc(C(O)c2ccc(OC)cc2)cc1. The van der Waals surface area contributed by atoms with E-state index in [1.54, 1.807) is 7.11 Å². The van der Waals surface area contributed by atoms with Crippen molar-refractivity contribution in [1.29, 1.82) is 0 Å². The van der Waals surface area contributed by atoms with Crippen LogP contribution < -0.4 is 9.47 Å². The summed E-state index contributed by atoms with van der Waals surface area (Å²) in [6.07, 6.45) is -0.637. The summed E-state index contributed by atoms with van der Waals surface area (Å²) in [5.74, 6) is 1.59. The molecule has 0 aromatic heterocycles. The van der Waals surface area contributed by atoms with Gasteiger partial charge in [0.25, 0.3) is 0 Å². The summed E-state index contributed by atoms with van der Waals surface area (Å²) in [5, 5.41) is 10.3. The quantitative estimate of drug-likeness (QED) is 0.895. The lowest BCUT2D eigenvalue weighted by Crippen LogP contribution is -2.00. The molecule has 0 aliphatic rings. The summed E-state index contributed by atoms with van der Waals surface area (Å²) < 4.78 is 10.5. The molecule has 0 saturated carbocycles. The molecule has 2 rings (SSSR count). The summed E-state index contributed by atoms with van der Waals surface area (Å²) in [4.78, 5) is 0. The number of hydrogen-bond donors (Lipinski definition) is 1. The predicted molar refractivity (Wildman–Crippen MR) is 74.7 cm³/mol. The number of aliphatic hydroxyl groups excluding tert-OH is 1. The third kappa shape index (κ3) is 3.26. The fraction of sp³-hybridized carbons (Fsp3) is 0.250. The summed E-state index contributed by atoms with van der Waals surface area (Å²) >= 11 is 0. The van der Waals surface area contributed by atoms with Gasteiger partial charge < -0.3 is 14.6 Å². The molecule has 1 N–H and O–H groups in total. The number of aliphatic hydroxyl groups is 1. The van der Waals surface area contributed by atoms with Gasteiger partial charge in [-0.3, -0.25) is 0 Å². The molecule has 1 unspecified atom stereocenters.